The van der Waals surface area contributed by atoms with Crippen LogP contribution in [0.4, 0.5) is 13.2 Å². The summed E-state index contributed by atoms with van der Waals surface area (Å²) in [4.78, 5) is 0. The van der Waals surface area contributed by atoms with E-state index in [2.05, 4.69) is 0 Å². The standard InChI is InChI=1S/C20H17F3O2PS/c21-20(22,23)27(24,25)16-26(17-10-4-1-5-11-17,18-12-6-2-7-13-18)19-14-8-3-9-15-19/h1-15H,16H2/q+1. The van der Waals surface area contributed by atoms with E-state index in [0.29, 0.717) is 15.9 Å². The molecule has 0 aliphatic carbocycles. The maximum Gasteiger partial charge on any atom is 0.501 e. The summed E-state index contributed by atoms with van der Waals surface area (Å²) in [6, 6.07) is 25.8. The molecule has 7 heteroatoms. The van der Waals surface area contributed by atoms with Gasteiger partial charge in [-0.2, -0.15) is 13.2 Å². The molecule has 140 valence electrons. The first-order valence-corrected chi connectivity index (χ1v) is 11.7. The zero-order valence-corrected chi connectivity index (χ0v) is 15.9. The molecule has 0 saturated heterocycles. The van der Waals surface area contributed by atoms with Crippen molar-refractivity contribution in [2.24, 2.45) is 0 Å². The molecule has 0 atom stereocenters. The van der Waals surface area contributed by atoms with Gasteiger partial charge in [0.2, 0.25) is 0 Å². The van der Waals surface area contributed by atoms with Gasteiger partial charge in [-0.15, -0.1) is 0 Å². The van der Waals surface area contributed by atoms with Crippen LogP contribution in [0.15, 0.2) is 91.0 Å². The van der Waals surface area contributed by atoms with E-state index in [0.717, 1.165) is 0 Å². The Hall–Kier alpha value is -2.17. The van der Waals surface area contributed by atoms with Crippen molar-refractivity contribution < 1.29 is 21.6 Å². The van der Waals surface area contributed by atoms with Crippen LogP contribution in [-0.2, 0) is 9.84 Å². The topological polar surface area (TPSA) is 34.1 Å². The Morgan fingerprint density at radius 3 is 1.19 bits per heavy atom. The molecule has 0 aliphatic heterocycles. The van der Waals surface area contributed by atoms with Gasteiger partial charge in [-0.25, -0.2) is 8.42 Å². The second-order valence-corrected chi connectivity index (χ2v) is 11.9. The van der Waals surface area contributed by atoms with Crippen molar-refractivity contribution in [3.05, 3.63) is 91.0 Å². The molecule has 0 bridgehead atoms. The molecule has 3 aromatic rings. The van der Waals surface area contributed by atoms with E-state index in [9.17, 15) is 21.6 Å². The molecule has 0 radical (unpaired) electrons. The van der Waals surface area contributed by atoms with E-state index >= 15 is 0 Å². The van der Waals surface area contributed by atoms with Gasteiger partial charge in [-0.3, -0.25) is 0 Å². The summed E-state index contributed by atoms with van der Waals surface area (Å²) in [6.07, 6.45) is 0. The van der Waals surface area contributed by atoms with Crippen molar-refractivity contribution in [1.82, 2.24) is 0 Å². The zero-order chi connectivity index (χ0) is 19.5. The largest absolute Gasteiger partial charge is 0.501 e. The predicted molar refractivity (Wildman–Crippen MR) is 105 cm³/mol. The SMILES string of the molecule is O=S(=O)(C[P+](c1ccccc1)(c1ccccc1)c1ccccc1)C(F)(F)F. The van der Waals surface area contributed by atoms with E-state index in [1.165, 1.54) is 0 Å². The summed E-state index contributed by atoms with van der Waals surface area (Å²) in [5.74, 6) is 0. The number of rotatable bonds is 5. The fraction of sp³-hybridized carbons (Fsp3) is 0.100. The normalized spacial score (nSPS) is 12.7. The van der Waals surface area contributed by atoms with Crippen LogP contribution < -0.4 is 15.9 Å². The lowest BCUT2D eigenvalue weighted by Crippen LogP contribution is -2.39. The Morgan fingerprint density at radius 2 is 0.926 bits per heavy atom. The van der Waals surface area contributed by atoms with E-state index in [4.69, 9.17) is 0 Å². The maximum atomic E-state index is 13.3. The highest BCUT2D eigenvalue weighted by Crippen LogP contribution is 2.57. The molecule has 3 aromatic carbocycles. The molecule has 0 unspecified atom stereocenters. The van der Waals surface area contributed by atoms with Gasteiger partial charge in [-0.1, -0.05) is 54.6 Å². The smallest absolute Gasteiger partial charge is 0.216 e. The second kappa shape index (κ2) is 7.45. The van der Waals surface area contributed by atoms with Crippen LogP contribution in [-0.4, -0.2) is 19.4 Å². The molecule has 3 rings (SSSR count). The average Bonchev–Trinajstić information content (AvgIpc) is 2.67. The molecule has 0 amide bonds. The third kappa shape index (κ3) is 3.78. The van der Waals surface area contributed by atoms with Gasteiger partial charge in [0.15, 0.2) is 5.49 Å². The van der Waals surface area contributed by atoms with Crippen LogP contribution in [0.5, 0.6) is 0 Å². The minimum absolute atomic E-state index is 0.593. The minimum Gasteiger partial charge on any atom is -0.216 e. The third-order valence-electron chi connectivity index (χ3n) is 4.31. The van der Waals surface area contributed by atoms with E-state index in [1.807, 2.05) is 0 Å². The molecule has 2 nitrogen and oxygen atoms in total. The van der Waals surface area contributed by atoms with Gasteiger partial charge in [0.05, 0.1) is 0 Å². The molecule has 0 aliphatic rings. The van der Waals surface area contributed by atoms with Gasteiger partial charge in [0.25, 0.3) is 9.84 Å². The Balaban J connectivity index is 2.37. The molecular formula is C20H17F3O2PS+. The summed E-state index contributed by atoms with van der Waals surface area (Å²) >= 11 is 0. The highest BCUT2D eigenvalue weighted by atomic mass is 32.2. The van der Waals surface area contributed by atoms with E-state index in [-0.39, 0.29) is 0 Å². The Bertz CT molecular complexity index is 893. The molecule has 0 spiro atoms. The summed E-state index contributed by atoms with van der Waals surface area (Å²) in [6.45, 7) is 0. The molecule has 0 heterocycles. The Morgan fingerprint density at radius 1 is 0.630 bits per heavy atom. The van der Waals surface area contributed by atoms with Gasteiger partial charge in [-0.05, 0) is 36.4 Å². The molecule has 0 saturated carbocycles. The third-order valence-corrected chi connectivity index (χ3v) is 11.5. The van der Waals surface area contributed by atoms with Crippen LogP contribution in [0.3, 0.4) is 0 Å². The van der Waals surface area contributed by atoms with Crippen LogP contribution in [0.1, 0.15) is 0 Å². The fourth-order valence-corrected chi connectivity index (χ4v) is 10.4. The molecular weight excluding hydrogens is 392 g/mol. The van der Waals surface area contributed by atoms with Crippen molar-refractivity contribution in [1.29, 1.82) is 0 Å². The number of sulfone groups is 1. The van der Waals surface area contributed by atoms with Gasteiger partial charge < -0.3 is 0 Å². The summed E-state index contributed by atoms with van der Waals surface area (Å²) in [5.41, 5.74) is -6.31. The lowest BCUT2D eigenvalue weighted by Gasteiger charge is -2.27. The summed E-state index contributed by atoms with van der Waals surface area (Å²) in [5, 5.41) is 1.78. The lowest BCUT2D eigenvalue weighted by molar-refractivity contribution is -0.0431. The first-order chi connectivity index (χ1) is 12.8. The van der Waals surface area contributed by atoms with Gasteiger partial charge >= 0.3 is 5.51 Å². The first-order valence-electron chi connectivity index (χ1n) is 8.11. The number of halogens is 3. The number of hydrogen-bond donors (Lipinski definition) is 0. The Kier molecular flexibility index (Phi) is 5.41. The van der Waals surface area contributed by atoms with Crippen molar-refractivity contribution in [3.8, 4) is 0 Å². The highest BCUT2D eigenvalue weighted by Gasteiger charge is 2.57. The van der Waals surface area contributed by atoms with Crippen LogP contribution in [0.25, 0.3) is 0 Å². The predicted octanol–water partition coefficient (Wildman–Crippen LogP) is 3.87. The second-order valence-electron chi connectivity index (χ2n) is 6.01. The molecule has 27 heavy (non-hydrogen) atoms. The number of benzene rings is 3. The fourth-order valence-electron chi connectivity index (χ4n) is 3.05. The number of alkyl halides is 3. The minimum atomic E-state index is -5.35. The summed E-state index contributed by atoms with van der Waals surface area (Å²) in [7, 11) is -8.43. The van der Waals surface area contributed by atoms with Gasteiger partial charge in [0, 0.05) is 0 Å². The Labute approximate surface area is 156 Å². The summed E-state index contributed by atoms with van der Waals surface area (Å²) < 4.78 is 64.6. The molecule has 0 N–H and O–H groups in total. The highest BCUT2D eigenvalue weighted by molar-refractivity contribution is 8.09. The van der Waals surface area contributed by atoms with Gasteiger partial charge in [0.1, 0.15) is 23.2 Å². The van der Waals surface area contributed by atoms with Crippen molar-refractivity contribution in [3.63, 3.8) is 0 Å². The quantitative estimate of drug-likeness (QED) is 0.600. The van der Waals surface area contributed by atoms with E-state index < -0.39 is 28.1 Å². The zero-order valence-electron chi connectivity index (χ0n) is 14.2. The van der Waals surface area contributed by atoms with Crippen LogP contribution >= 0.6 is 7.26 Å². The monoisotopic (exact) mass is 409 g/mol. The van der Waals surface area contributed by atoms with Crippen molar-refractivity contribution in [2.45, 2.75) is 5.51 Å². The average molecular weight is 409 g/mol. The molecule has 0 fully saturated rings. The molecule has 0 aromatic heterocycles. The van der Waals surface area contributed by atoms with Crippen molar-refractivity contribution in [2.75, 3.05) is 5.49 Å². The first kappa shape index (κ1) is 19.6. The maximum absolute atomic E-state index is 13.3. The van der Waals surface area contributed by atoms with Crippen LogP contribution in [0.2, 0.25) is 0 Å². The lowest BCUT2D eigenvalue weighted by atomic mass is 10.4. The number of hydrogen-bond acceptors (Lipinski definition) is 2. The van der Waals surface area contributed by atoms with E-state index in [1.54, 1.807) is 91.0 Å². The van der Waals surface area contributed by atoms with Crippen LogP contribution in [0, 0.1) is 0 Å². The van der Waals surface area contributed by atoms with Crippen molar-refractivity contribution >= 4 is 33.0 Å².